The van der Waals surface area contributed by atoms with Crippen molar-refractivity contribution in [3.05, 3.63) is 29.8 Å². The van der Waals surface area contributed by atoms with Crippen molar-refractivity contribution in [2.45, 2.75) is 25.2 Å². The minimum absolute atomic E-state index is 0.0576. The van der Waals surface area contributed by atoms with Gasteiger partial charge in [-0.15, -0.1) is 0 Å². The van der Waals surface area contributed by atoms with Crippen molar-refractivity contribution in [1.29, 1.82) is 0 Å². The van der Waals surface area contributed by atoms with Crippen molar-refractivity contribution in [1.82, 2.24) is 0 Å². The van der Waals surface area contributed by atoms with Gasteiger partial charge in [0.05, 0.1) is 0 Å². The Bertz CT molecular complexity index is 332. The molecule has 1 saturated carbocycles. The fourth-order valence-corrected chi connectivity index (χ4v) is 1.75. The highest BCUT2D eigenvalue weighted by molar-refractivity contribution is 5.42. The predicted molar refractivity (Wildman–Crippen MR) is 52.1 cm³/mol. The lowest BCUT2D eigenvalue weighted by Gasteiger charge is -2.33. The Hall–Kier alpha value is -1.12. The van der Waals surface area contributed by atoms with Gasteiger partial charge in [0.15, 0.2) is 0 Å². The molecule has 1 aliphatic carbocycles. The molecule has 1 aromatic rings. The maximum Gasteiger partial charge on any atom is 0.276 e. The average Bonchev–Trinajstić information content (AvgIpc) is 2.00. The van der Waals surface area contributed by atoms with E-state index in [-0.39, 0.29) is 5.56 Å². The van der Waals surface area contributed by atoms with Crippen molar-refractivity contribution < 1.29 is 8.78 Å². The Balaban J connectivity index is 2.28. The highest BCUT2D eigenvalue weighted by Gasteiger charge is 2.44. The molecule has 2 N–H and O–H groups in total. The number of rotatable bonds is 2. The lowest BCUT2D eigenvalue weighted by molar-refractivity contribution is -0.0942. The first-order valence-electron chi connectivity index (χ1n) is 4.84. The van der Waals surface area contributed by atoms with Crippen molar-refractivity contribution in [3.63, 3.8) is 0 Å². The van der Waals surface area contributed by atoms with E-state index in [0.717, 1.165) is 6.42 Å². The summed E-state index contributed by atoms with van der Waals surface area (Å²) in [4.78, 5) is 0. The molecule has 1 nitrogen and oxygen atoms in total. The van der Waals surface area contributed by atoms with E-state index in [1.54, 1.807) is 12.1 Å². The third-order valence-corrected chi connectivity index (χ3v) is 2.89. The Labute approximate surface area is 81.9 Å². The van der Waals surface area contributed by atoms with Crippen LogP contribution in [0.4, 0.5) is 14.5 Å². The van der Waals surface area contributed by atoms with Gasteiger partial charge in [-0.05, 0) is 25.0 Å². The fourth-order valence-electron chi connectivity index (χ4n) is 1.75. The largest absolute Gasteiger partial charge is 0.399 e. The van der Waals surface area contributed by atoms with Crippen LogP contribution in [0.15, 0.2) is 24.3 Å². The van der Waals surface area contributed by atoms with Gasteiger partial charge >= 0.3 is 0 Å². The Morgan fingerprint density at radius 2 is 2.00 bits per heavy atom. The van der Waals surface area contributed by atoms with Crippen LogP contribution in [0, 0.1) is 5.92 Å². The molecule has 0 radical (unpaired) electrons. The average molecular weight is 197 g/mol. The number of benzene rings is 1. The van der Waals surface area contributed by atoms with Gasteiger partial charge in [0.25, 0.3) is 5.92 Å². The number of nitrogens with two attached hydrogens (primary N) is 1. The predicted octanol–water partition coefficient (Wildman–Crippen LogP) is 3.16. The number of nitrogen functional groups attached to an aromatic ring is 1. The fraction of sp³-hybridized carbons (Fsp3) is 0.455. The molecule has 0 atom stereocenters. The first kappa shape index (κ1) is 9.44. The minimum atomic E-state index is -2.70. The standard InChI is InChI=1S/C11H13F2N/c12-11(13,8-3-1-4-8)9-5-2-6-10(14)7-9/h2,5-8H,1,3-4,14H2. The molecule has 0 heterocycles. The molecular formula is C11H13F2N. The zero-order valence-corrected chi connectivity index (χ0v) is 7.84. The second-order valence-electron chi connectivity index (χ2n) is 3.88. The quantitative estimate of drug-likeness (QED) is 0.724. The van der Waals surface area contributed by atoms with Gasteiger partial charge in [-0.2, -0.15) is 0 Å². The summed E-state index contributed by atoms with van der Waals surface area (Å²) in [6, 6.07) is 6.03. The SMILES string of the molecule is Nc1cccc(C(F)(F)C2CCC2)c1. The third-order valence-electron chi connectivity index (χ3n) is 2.89. The Kier molecular flexibility index (Phi) is 2.17. The molecule has 2 rings (SSSR count). The molecule has 1 aromatic carbocycles. The van der Waals surface area contributed by atoms with E-state index in [1.807, 2.05) is 0 Å². The van der Waals surface area contributed by atoms with E-state index < -0.39 is 11.8 Å². The van der Waals surface area contributed by atoms with Gasteiger partial charge in [0, 0.05) is 17.2 Å². The first-order chi connectivity index (χ1) is 6.60. The van der Waals surface area contributed by atoms with E-state index >= 15 is 0 Å². The molecule has 0 aliphatic heterocycles. The summed E-state index contributed by atoms with van der Waals surface area (Å²) in [5, 5.41) is 0. The molecule has 0 unspecified atom stereocenters. The number of halogens is 2. The van der Waals surface area contributed by atoms with Crippen LogP contribution in [-0.2, 0) is 5.92 Å². The maximum atomic E-state index is 13.7. The molecule has 0 saturated heterocycles. The van der Waals surface area contributed by atoms with Gasteiger partial charge in [-0.1, -0.05) is 18.6 Å². The summed E-state index contributed by atoms with van der Waals surface area (Å²) in [6.07, 6.45) is 2.17. The molecular weight excluding hydrogens is 184 g/mol. The van der Waals surface area contributed by atoms with Crippen LogP contribution in [-0.4, -0.2) is 0 Å². The van der Waals surface area contributed by atoms with Crippen LogP contribution in [0.3, 0.4) is 0 Å². The maximum absolute atomic E-state index is 13.7. The van der Waals surface area contributed by atoms with Crippen LogP contribution >= 0.6 is 0 Å². The zero-order chi connectivity index (χ0) is 10.2. The summed E-state index contributed by atoms with van der Waals surface area (Å²) in [5.74, 6) is -3.18. The van der Waals surface area contributed by atoms with Gasteiger partial charge in [-0.3, -0.25) is 0 Å². The van der Waals surface area contributed by atoms with Gasteiger partial charge < -0.3 is 5.73 Å². The molecule has 14 heavy (non-hydrogen) atoms. The molecule has 3 heteroatoms. The molecule has 1 aliphatic rings. The smallest absolute Gasteiger partial charge is 0.276 e. The van der Waals surface area contributed by atoms with Gasteiger partial charge in [-0.25, -0.2) is 8.78 Å². The molecule has 76 valence electrons. The second kappa shape index (κ2) is 3.23. The molecule has 1 fully saturated rings. The summed E-state index contributed by atoms with van der Waals surface area (Å²) in [5.41, 5.74) is 5.94. The lowest BCUT2D eigenvalue weighted by Crippen LogP contribution is -2.31. The van der Waals surface area contributed by atoms with Crippen LogP contribution in [0.2, 0.25) is 0 Å². The van der Waals surface area contributed by atoms with E-state index in [4.69, 9.17) is 5.73 Å². The number of anilines is 1. The summed E-state index contributed by atoms with van der Waals surface area (Å²) in [6.45, 7) is 0. The second-order valence-corrected chi connectivity index (χ2v) is 3.88. The van der Waals surface area contributed by atoms with E-state index in [1.165, 1.54) is 12.1 Å². The summed E-state index contributed by atoms with van der Waals surface area (Å²) >= 11 is 0. The van der Waals surface area contributed by atoms with E-state index in [0.29, 0.717) is 18.5 Å². The van der Waals surface area contributed by atoms with Gasteiger partial charge in [0.2, 0.25) is 0 Å². The number of alkyl halides is 2. The van der Waals surface area contributed by atoms with Crippen LogP contribution in [0.1, 0.15) is 24.8 Å². The van der Waals surface area contributed by atoms with E-state index in [9.17, 15) is 8.78 Å². The Morgan fingerprint density at radius 1 is 1.29 bits per heavy atom. The number of hydrogen-bond donors (Lipinski definition) is 1. The van der Waals surface area contributed by atoms with Crippen molar-refractivity contribution >= 4 is 5.69 Å². The van der Waals surface area contributed by atoms with Crippen molar-refractivity contribution in [2.75, 3.05) is 5.73 Å². The third kappa shape index (κ3) is 1.47. The monoisotopic (exact) mass is 197 g/mol. The van der Waals surface area contributed by atoms with Crippen molar-refractivity contribution in [2.24, 2.45) is 5.92 Å². The number of hydrogen-bond acceptors (Lipinski definition) is 1. The molecule has 0 amide bonds. The first-order valence-corrected chi connectivity index (χ1v) is 4.84. The summed E-state index contributed by atoms with van der Waals surface area (Å²) in [7, 11) is 0. The normalized spacial score (nSPS) is 17.9. The lowest BCUT2D eigenvalue weighted by atomic mass is 9.78. The van der Waals surface area contributed by atoms with Crippen LogP contribution in [0.5, 0.6) is 0 Å². The minimum Gasteiger partial charge on any atom is -0.399 e. The van der Waals surface area contributed by atoms with Crippen molar-refractivity contribution in [3.8, 4) is 0 Å². The van der Waals surface area contributed by atoms with Crippen LogP contribution in [0.25, 0.3) is 0 Å². The van der Waals surface area contributed by atoms with Gasteiger partial charge in [0.1, 0.15) is 0 Å². The Morgan fingerprint density at radius 3 is 2.50 bits per heavy atom. The zero-order valence-electron chi connectivity index (χ0n) is 7.84. The highest BCUT2D eigenvalue weighted by Crippen LogP contribution is 2.46. The summed E-state index contributed by atoms with van der Waals surface area (Å²) < 4.78 is 27.5. The molecule has 0 bridgehead atoms. The molecule has 0 spiro atoms. The van der Waals surface area contributed by atoms with E-state index in [2.05, 4.69) is 0 Å². The molecule has 0 aromatic heterocycles. The van der Waals surface area contributed by atoms with Crippen LogP contribution < -0.4 is 5.73 Å². The topological polar surface area (TPSA) is 26.0 Å². The highest BCUT2D eigenvalue weighted by atomic mass is 19.3.